The average Bonchev–Trinajstić information content (AvgIpc) is 2.37. The van der Waals surface area contributed by atoms with Crippen LogP contribution in [-0.4, -0.2) is 30.0 Å². The zero-order chi connectivity index (χ0) is 13.9. The van der Waals surface area contributed by atoms with Gasteiger partial charge in [-0.25, -0.2) is 4.68 Å². The summed E-state index contributed by atoms with van der Waals surface area (Å²) in [6.07, 6.45) is 5.49. The second-order valence-corrected chi connectivity index (χ2v) is 6.20. The molecule has 0 aliphatic heterocycles. The fraction of sp³-hybridized carbons (Fsp3) is 0.692. The van der Waals surface area contributed by atoms with E-state index in [0.29, 0.717) is 23.0 Å². The van der Waals surface area contributed by atoms with Gasteiger partial charge in [0.15, 0.2) is 0 Å². The van der Waals surface area contributed by atoms with Crippen LogP contribution in [0.25, 0.3) is 0 Å². The number of hydrogen-bond acceptors (Lipinski definition) is 4. The van der Waals surface area contributed by atoms with Crippen molar-refractivity contribution in [3.63, 3.8) is 0 Å². The summed E-state index contributed by atoms with van der Waals surface area (Å²) in [6, 6.07) is 0. The molecule has 1 fully saturated rings. The molecule has 1 aliphatic carbocycles. The molecule has 0 unspecified atom stereocenters. The fourth-order valence-electron chi connectivity index (χ4n) is 2.19. The first-order valence-electron chi connectivity index (χ1n) is 6.54. The second kappa shape index (κ2) is 6.05. The fourth-order valence-corrected chi connectivity index (χ4v) is 2.64. The SMILES string of the molecule is COCCn1ncc(NCC2(C)CCC2)c(Br)c1=O. The van der Waals surface area contributed by atoms with E-state index in [0.717, 1.165) is 12.2 Å². The van der Waals surface area contributed by atoms with Gasteiger partial charge in [-0.1, -0.05) is 13.3 Å². The molecular weight excluding hydrogens is 310 g/mol. The Kier molecular flexibility index (Phi) is 4.62. The van der Waals surface area contributed by atoms with Crippen LogP contribution in [0.3, 0.4) is 0 Å². The minimum absolute atomic E-state index is 0.124. The van der Waals surface area contributed by atoms with Crippen molar-refractivity contribution >= 4 is 21.6 Å². The number of nitrogens with zero attached hydrogens (tertiary/aromatic N) is 2. The molecule has 1 N–H and O–H groups in total. The van der Waals surface area contributed by atoms with Crippen molar-refractivity contribution in [2.45, 2.75) is 32.7 Å². The van der Waals surface area contributed by atoms with Crippen molar-refractivity contribution in [1.29, 1.82) is 0 Å². The van der Waals surface area contributed by atoms with Gasteiger partial charge in [0.1, 0.15) is 4.47 Å². The Bertz CT molecular complexity index is 497. The van der Waals surface area contributed by atoms with Crippen LogP contribution in [0.15, 0.2) is 15.5 Å². The first kappa shape index (κ1) is 14.5. The van der Waals surface area contributed by atoms with Crippen LogP contribution in [0.4, 0.5) is 5.69 Å². The maximum atomic E-state index is 12.1. The topological polar surface area (TPSA) is 56.1 Å². The van der Waals surface area contributed by atoms with Crippen LogP contribution < -0.4 is 10.9 Å². The maximum absolute atomic E-state index is 12.1. The van der Waals surface area contributed by atoms with Crippen LogP contribution in [0.1, 0.15) is 26.2 Å². The quantitative estimate of drug-likeness (QED) is 0.869. The van der Waals surface area contributed by atoms with Gasteiger partial charge in [0.2, 0.25) is 0 Å². The van der Waals surface area contributed by atoms with Gasteiger partial charge in [0.05, 0.1) is 25.0 Å². The van der Waals surface area contributed by atoms with Crippen LogP contribution in [-0.2, 0) is 11.3 Å². The molecule has 0 bridgehead atoms. The third-order valence-corrected chi connectivity index (χ3v) is 4.52. The number of anilines is 1. The third kappa shape index (κ3) is 3.36. The molecule has 0 atom stereocenters. The standard InChI is InChI=1S/C13H20BrN3O2/c1-13(4-3-5-13)9-15-10-8-16-17(6-7-19-2)12(18)11(10)14/h8,15H,3-7,9H2,1-2H3. The number of halogens is 1. The predicted molar refractivity (Wildman–Crippen MR) is 78.5 cm³/mol. The summed E-state index contributed by atoms with van der Waals surface area (Å²) in [6.45, 7) is 4.09. The van der Waals surface area contributed by atoms with Gasteiger partial charge in [-0.15, -0.1) is 0 Å². The van der Waals surface area contributed by atoms with Crippen LogP contribution >= 0.6 is 15.9 Å². The summed E-state index contributed by atoms with van der Waals surface area (Å²) in [5, 5.41) is 7.48. The second-order valence-electron chi connectivity index (χ2n) is 5.41. The number of rotatable bonds is 6. The van der Waals surface area contributed by atoms with E-state index in [2.05, 4.69) is 33.3 Å². The van der Waals surface area contributed by atoms with Crippen LogP contribution in [0.5, 0.6) is 0 Å². The molecule has 1 heterocycles. The van der Waals surface area contributed by atoms with E-state index in [1.807, 2.05) is 0 Å². The van der Waals surface area contributed by atoms with E-state index in [9.17, 15) is 4.79 Å². The Balaban J connectivity index is 2.05. The first-order valence-corrected chi connectivity index (χ1v) is 7.33. The lowest BCUT2D eigenvalue weighted by Gasteiger charge is -2.38. The monoisotopic (exact) mass is 329 g/mol. The molecule has 6 heteroatoms. The normalized spacial score (nSPS) is 17.0. The van der Waals surface area contributed by atoms with Crippen molar-refractivity contribution in [2.24, 2.45) is 5.41 Å². The highest BCUT2D eigenvalue weighted by Crippen LogP contribution is 2.40. The van der Waals surface area contributed by atoms with E-state index in [-0.39, 0.29) is 5.56 Å². The highest BCUT2D eigenvalue weighted by Gasteiger charge is 2.31. The van der Waals surface area contributed by atoms with Crippen molar-refractivity contribution in [3.05, 3.63) is 21.0 Å². The Morgan fingerprint density at radius 1 is 1.58 bits per heavy atom. The molecule has 5 nitrogen and oxygen atoms in total. The third-order valence-electron chi connectivity index (χ3n) is 3.76. The molecule has 19 heavy (non-hydrogen) atoms. The Hall–Kier alpha value is -0.880. The molecule has 1 aromatic rings. The molecule has 1 saturated carbocycles. The lowest BCUT2D eigenvalue weighted by Crippen LogP contribution is -2.34. The molecule has 2 rings (SSSR count). The summed E-state index contributed by atoms with van der Waals surface area (Å²) in [5.74, 6) is 0. The molecule has 0 amide bonds. The number of aromatic nitrogens is 2. The Labute approximate surface area is 121 Å². The summed E-state index contributed by atoms with van der Waals surface area (Å²) in [4.78, 5) is 12.1. The van der Waals surface area contributed by atoms with Gasteiger partial charge in [-0.2, -0.15) is 5.10 Å². The average molecular weight is 330 g/mol. The number of methoxy groups -OCH3 is 1. The minimum atomic E-state index is -0.124. The smallest absolute Gasteiger partial charge is 0.283 e. The van der Waals surface area contributed by atoms with Gasteiger partial charge in [0.25, 0.3) is 5.56 Å². The lowest BCUT2D eigenvalue weighted by atomic mass is 9.70. The summed E-state index contributed by atoms with van der Waals surface area (Å²) in [5.41, 5.74) is 1.01. The Morgan fingerprint density at radius 3 is 2.89 bits per heavy atom. The largest absolute Gasteiger partial charge is 0.383 e. The van der Waals surface area contributed by atoms with E-state index in [1.165, 1.54) is 23.9 Å². The highest BCUT2D eigenvalue weighted by atomic mass is 79.9. The van der Waals surface area contributed by atoms with E-state index in [1.54, 1.807) is 13.3 Å². The molecule has 0 aromatic carbocycles. The molecule has 106 valence electrons. The van der Waals surface area contributed by atoms with Gasteiger partial charge < -0.3 is 10.1 Å². The Morgan fingerprint density at radius 2 is 2.32 bits per heavy atom. The van der Waals surface area contributed by atoms with Gasteiger partial charge in [-0.3, -0.25) is 4.79 Å². The zero-order valence-corrected chi connectivity index (χ0v) is 13.0. The number of nitrogens with one attached hydrogen (secondary N) is 1. The molecular formula is C13H20BrN3O2. The van der Waals surface area contributed by atoms with Crippen LogP contribution in [0.2, 0.25) is 0 Å². The summed E-state index contributed by atoms with van der Waals surface area (Å²) < 4.78 is 6.90. The lowest BCUT2D eigenvalue weighted by molar-refractivity contribution is 0.179. The van der Waals surface area contributed by atoms with Gasteiger partial charge in [-0.05, 0) is 34.2 Å². The van der Waals surface area contributed by atoms with Gasteiger partial charge in [0, 0.05) is 13.7 Å². The minimum Gasteiger partial charge on any atom is -0.383 e. The van der Waals surface area contributed by atoms with Crippen molar-refractivity contribution in [3.8, 4) is 0 Å². The molecule has 1 aliphatic rings. The molecule has 0 radical (unpaired) electrons. The summed E-state index contributed by atoms with van der Waals surface area (Å²) in [7, 11) is 1.61. The maximum Gasteiger partial charge on any atom is 0.283 e. The number of hydrogen-bond donors (Lipinski definition) is 1. The molecule has 0 spiro atoms. The highest BCUT2D eigenvalue weighted by molar-refractivity contribution is 9.10. The predicted octanol–water partition coefficient (Wildman–Crippen LogP) is 2.25. The summed E-state index contributed by atoms with van der Waals surface area (Å²) >= 11 is 3.35. The number of ether oxygens (including phenoxy) is 1. The van der Waals surface area contributed by atoms with Crippen molar-refractivity contribution < 1.29 is 4.74 Å². The van der Waals surface area contributed by atoms with E-state index in [4.69, 9.17) is 4.74 Å². The van der Waals surface area contributed by atoms with E-state index < -0.39 is 0 Å². The van der Waals surface area contributed by atoms with Crippen LogP contribution in [0, 0.1) is 5.41 Å². The van der Waals surface area contributed by atoms with Crippen molar-refractivity contribution in [1.82, 2.24) is 9.78 Å². The first-order chi connectivity index (χ1) is 9.06. The van der Waals surface area contributed by atoms with E-state index >= 15 is 0 Å². The van der Waals surface area contributed by atoms with Crippen molar-refractivity contribution in [2.75, 3.05) is 25.6 Å². The molecule has 1 aromatic heterocycles. The van der Waals surface area contributed by atoms with Gasteiger partial charge >= 0.3 is 0 Å². The molecule has 0 saturated heterocycles. The zero-order valence-electron chi connectivity index (χ0n) is 11.4.